The molecule has 1 saturated heterocycles. The summed E-state index contributed by atoms with van der Waals surface area (Å²) in [4.78, 5) is 0.745. The molecule has 0 aliphatic carbocycles. The van der Waals surface area contributed by atoms with E-state index >= 15 is 0 Å². The van der Waals surface area contributed by atoms with E-state index in [0.29, 0.717) is 12.5 Å². The summed E-state index contributed by atoms with van der Waals surface area (Å²) in [5.41, 5.74) is 1.48. The quantitative estimate of drug-likeness (QED) is 0.804. The predicted molar refractivity (Wildman–Crippen MR) is 59.6 cm³/mol. The zero-order valence-electron chi connectivity index (χ0n) is 8.23. The van der Waals surface area contributed by atoms with E-state index in [1.807, 2.05) is 0 Å². The molecule has 0 aromatic heterocycles. The molecule has 0 radical (unpaired) electrons. The van der Waals surface area contributed by atoms with Gasteiger partial charge >= 0.3 is 91.5 Å². The molecule has 0 saturated carbocycles. The average Bonchev–Trinajstić information content (AvgIpc) is 2.30. The molecule has 0 unspecified atom stereocenters. The van der Waals surface area contributed by atoms with Crippen LogP contribution in [-0.4, -0.2) is 26.7 Å². The number of hydrogen-bond donors (Lipinski definition) is 1. The molecule has 1 aromatic rings. The van der Waals surface area contributed by atoms with Gasteiger partial charge < -0.3 is 0 Å². The van der Waals surface area contributed by atoms with Gasteiger partial charge in [-0.3, -0.25) is 0 Å². The second-order valence-electron chi connectivity index (χ2n) is 3.84. The first-order chi connectivity index (χ1) is 6.90. The summed E-state index contributed by atoms with van der Waals surface area (Å²) < 4.78 is 0. The van der Waals surface area contributed by atoms with E-state index < -0.39 is 0 Å². The van der Waals surface area contributed by atoms with Crippen molar-refractivity contribution in [2.45, 2.75) is 23.0 Å². The maximum atomic E-state index is 9.16. The first-order valence-electron chi connectivity index (χ1n) is 5.17. The van der Waals surface area contributed by atoms with Crippen molar-refractivity contribution in [1.29, 1.82) is 0 Å². The molecule has 1 nitrogen and oxygen atoms in total. The van der Waals surface area contributed by atoms with Crippen molar-refractivity contribution in [3.05, 3.63) is 35.9 Å². The normalized spacial score (nSPS) is 27.5. The Labute approximate surface area is 91.7 Å². The molecule has 14 heavy (non-hydrogen) atoms. The topological polar surface area (TPSA) is 20.2 Å². The third-order valence-corrected chi connectivity index (χ3v) is 5.63. The maximum absolute atomic E-state index is 9.16. The first-order valence-corrected chi connectivity index (χ1v) is 7.37. The average molecular weight is 255 g/mol. The van der Waals surface area contributed by atoms with Crippen LogP contribution in [-0.2, 0) is 0 Å². The molecule has 1 aliphatic heterocycles. The van der Waals surface area contributed by atoms with Gasteiger partial charge in [0.15, 0.2) is 0 Å². The van der Waals surface area contributed by atoms with Crippen LogP contribution >= 0.6 is 0 Å². The SMILES string of the molecule is OC[C@H]1CC[Se][C@H](c2ccccc2)C1. The van der Waals surface area contributed by atoms with Gasteiger partial charge in [0.1, 0.15) is 0 Å². The standard InChI is InChI=1S/C12H16OSe/c13-9-10-6-7-14-12(8-10)11-4-2-1-3-5-11/h1-5,10,12-13H,6-9H2/t10-,12-/m0/s1. The van der Waals surface area contributed by atoms with Gasteiger partial charge in [-0.05, 0) is 0 Å². The zero-order valence-corrected chi connectivity index (χ0v) is 9.94. The van der Waals surface area contributed by atoms with Crippen LogP contribution in [0.4, 0.5) is 0 Å². The fraction of sp³-hybridized carbons (Fsp3) is 0.500. The summed E-state index contributed by atoms with van der Waals surface area (Å²) in [6.07, 6.45) is 2.43. The molecule has 0 spiro atoms. The van der Waals surface area contributed by atoms with Gasteiger partial charge in [-0.2, -0.15) is 0 Å². The second-order valence-corrected chi connectivity index (χ2v) is 6.59. The van der Waals surface area contributed by atoms with Crippen molar-refractivity contribution in [1.82, 2.24) is 0 Å². The molecule has 1 heterocycles. The van der Waals surface area contributed by atoms with Gasteiger partial charge in [-0.25, -0.2) is 0 Å². The molecule has 2 heteroatoms. The third kappa shape index (κ3) is 2.38. The Bertz CT molecular complexity index is 273. The van der Waals surface area contributed by atoms with Crippen LogP contribution in [0.15, 0.2) is 30.3 Å². The van der Waals surface area contributed by atoms with Crippen molar-refractivity contribution >= 4 is 15.0 Å². The van der Waals surface area contributed by atoms with Gasteiger partial charge in [-0.1, -0.05) is 0 Å². The van der Waals surface area contributed by atoms with Gasteiger partial charge in [0.2, 0.25) is 0 Å². The first kappa shape index (κ1) is 10.2. The zero-order chi connectivity index (χ0) is 9.80. The van der Waals surface area contributed by atoms with Gasteiger partial charge in [0, 0.05) is 0 Å². The van der Waals surface area contributed by atoms with Crippen molar-refractivity contribution in [2.75, 3.05) is 6.61 Å². The number of rotatable bonds is 2. The van der Waals surface area contributed by atoms with E-state index in [9.17, 15) is 0 Å². The van der Waals surface area contributed by atoms with Crippen LogP contribution in [0.3, 0.4) is 0 Å². The summed E-state index contributed by atoms with van der Waals surface area (Å²) in [6, 6.07) is 10.8. The Hall–Kier alpha value is -0.301. The summed E-state index contributed by atoms with van der Waals surface area (Å²) in [5, 5.41) is 10.5. The summed E-state index contributed by atoms with van der Waals surface area (Å²) in [7, 11) is 0. The Morgan fingerprint density at radius 3 is 2.79 bits per heavy atom. The molecule has 1 aromatic carbocycles. The molecule has 2 rings (SSSR count). The van der Waals surface area contributed by atoms with Crippen LogP contribution in [0.2, 0.25) is 5.32 Å². The molecular weight excluding hydrogens is 239 g/mol. The van der Waals surface area contributed by atoms with Crippen LogP contribution in [0, 0.1) is 5.92 Å². The third-order valence-electron chi connectivity index (χ3n) is 2.82. The summed E-state index contributed by atoms with van der Waals surface area (Å²) in [6.45, 7) is 0.374. The minimum atomic E-state index is 0.374. The Morgan fingerprint density at radius 1 is 1.29 bits per heavy atom. The Morgan fingerprint density at radius 2 is 2.07 bits per heavy atom. The van der Waals surface area contributed by atoms with Gasteiger partial charge in [0.05, 0.1) is 0 Å². The van der Waals surface area contributed by atoms with Crippen LogP contribution < -0.4 is 0 Å². The predicted octanol–water partition coefficient (Wildman–Crippen LogP) is 2.25. The van der Waals surface area contributed by atoms with E-state index in [1.54, 1.807) is 0 Å². The van der Waals surface area contributed by atoms with E-state index in [0.717, 1.165) is 19.8 Å². The van der Waals surface area contributed by atoms with E-state index in [4.69, 9.17) is 5.11 Å². The Kier molecular flexibility index (Phi) is 3.63. The number of benzene rings is 1. The van der Waals surface area contributed by atoms with E-state index in [-0.39, 0.29) is 0 Å². The van der Waals surface area contributed by atoms with Crippen molar-refractivity contribution in [3.63, 3.8) is 0 Å². The molecular formula is C12H16OSe. The molecule has 0 bridgehead atoms. The second kappa shape index (κ2) is 4.97. The van der Waals surface area contributed by atoms with Gasteiger partial charge in [0.25, 0.3) is 0 Å². The van der Waals surface area contributed by atoms with Crippen LogP contribution in [0.25, 0.3) is 0 Å². The fourth-order valence-electron chi connectivity index (χ4n) is 1.93. The van der Waals surface area contributed by atoms with Crippen LogP contribution in [0.1, 0.15) is 23.2 Å². The fourth-order valence-corrected chi connectivity index (χ4v) is 5.10. The Balaban J connectivity index is 2.04. The number of aliphatic hydroxyl groups excluding tert-OH is 1. The van der Waals surface area contributed by atoms with Crippen LogP contribution in [0.5, 0.6) is 0 Å². The van der Waals surface area contributed by atoms with E-state index in [2.05, 4.69) is 30.3 Å². The monoisotopic (exact) mass is 256 g/mol. The summed E-state index contributed by atoms with van der Waals surface area (Å²) >= 11 is 0.743. The van der Waals surface area contributed by atoms with Crippen molar-refractivity contribution in [3.8, 4) is 0 Å². The molecule has 0 amide bonds. The van der Waals surface area contributed by atoms with E-state index in [1.165, 1.54) is 23.7 Å². The van der Waals surface area contributed by atoms with Crippen molar-refractivity contribution in [2.24, 2.45) is 5.92 Å². The minimum absolute atomic E-state index is 0.374. The molecule has 1 aliphatic rings. The molecule has 1 fully saturated rings. The van der Waals surface area contributed by atoms with Crippen molar-refractivity contribution < 1.29 is 5.11 Å². The number of aliphatic hydroxyl groups is 1. The number of hydrogen-bond acceptors (Lipinski definition) is 1. The summed E-state index contributed by atoms with van der Waals surface area (Å²) in [5.74, 6) is 0.552. The molecule has 1 N–H and O–H groups in total. The molecule has 2 atom stereocenters. The van der Waals surface area contributed by atoms with Gasteiger partial charge in [-0.15, -0.1) is 0 Å². The molecule has 76 valence electrons.